The molecule has 3 heteroatoms. The van der Waals surface area contributed by atoms with Crippen LogP contribution < -0.4 is 0 Å². The van der Waals surface area contributed by atoms with Gasteiger partial charge in [0.1, 0.15) is 5.65 Å². The van der Waals surface area contributed by atoms with E-state index >= 15 is 0 Å². The predicted octanol–water partition coefficient (Wildman–Crippen LogP) is 8.01. The summed E-state index contributed by atoms with van der Waals surface area (Å²) in [5, 5.41) is 3.87. The molecule has 33 heavy (non-hydrogen) atoms. The van der Waals surface area contributed by atoms with E-state index in [4.69, 9.17) is 9.97 Å². The Bertz CT molecular complexity index is 1530. The van der Waals surface area contributed by atoms with Gasteiger partial charge in [-0.05, 0) is 74.8 Å². The third-order valence-corrected chi connectivity index (χ3v) is 7.75. The lowest BCUT2D eigenvalue weighted by molar-refractivity contribution is 0.443. The van der Waals surface area contributed by atoms with Crippen molar-refractivity contribution in [2.75, 3.05) is 0 Å². The second-order valence-electron chi connectivity index (χ2n) is 9.86. The van der Waals surface area contributed by atoms with Gasteiger partial charge in [0.15, 0.2) is 0 Å². The number of pyridine rings is 2. The van der Waals surface area contributed by atoms with Gasteiger partial charge in [-0.25, -0.2) is 4.98 Å². The van der Waals surface area contributed by atoms with Crippen LogP contribution in [-0.4, -0.2) is 14.4 Å². The van der Waals surface area contributed by atoms with Gasteiger partial charge in [0, 0.05) is 45.5 Å². The van der Waals surface area contributed by atoms with Gasteiger partial charge in [-0.1, -0.05) is 50.6 Å². The average molecular weight is 436 g/mol. The van der Waals surface area contributed by atoms with Crippen molar-refractivity contribution in [3.8, 4) is 11.1 Å². The number of nitrogens with zero attached hydrogens (tertiary/aromatic N) is 3. The molecule has 3 aromatic heterocycles. The first-order valence-electron chi connectivity index (χ1n) is 12.1. The zero-order chi connectivity index (χ0) is 23.5. The third kappa shape index (κ3) is 3.17. The van der Waals surface area contributed by atoms with Crippen molar-refractivity contribution in [1.82, 2.24) is 14.4 Å². The van der Waals surface area contributed by atoms with Crippen molar-refractivity contribution in [1.29, 1.82) is 0 Å². The summed E-state index contributed by atoms with van der Waals surface area (Å²) in [5.74, 6) is 0. The number of fused-ring (bicyclic) bond motifs is 6. The van der Waals surface area contributed by atoms with Gasteiger partial charge < -0.3 is 0 Å². The van der Waals surface area contributed by atoms with E-state index in [2.05, 4.69) is 95.5 Å². The molecule has 0 fully saturated rings. The molecule has 0 radical (unpaired) electrons. The van der Waals surface area contributed by atoms with E-state index in [1.54, 1.807) is 0 Å². The minimum atomic E-state index is 0.0797. The van der Waals surface area contributed by atoms with Crippen LogP contribution in [0.4, 0.5) is 0 Å². The Labute approximate surface area is 196 Å². The average Bonchev–Trinajstić information content (AvgIpc) is 3.27. The number of rotatable bonds is 4. The number of hydrogen-bond acceptors (Lipinski definition) is 2. The topological polar surface area (TPSA) is 30.2 Å². The molecular weight excluding hydrogens is 402 g/mol. The second-order valence-corrected chi connectivity index (χ2v) is 9.86. The monoisotopic (exact) mass is 435 g/mol. The summed E-state index contributed by atoms with van der Waals surface area (Å²) in [4.78, 5) is 9.73. The molecule has 0 saturated carbocycles. The van der Waals surface area contributed by atoms with Crippen molar-refractivity contribution >= 4 is 27.3 Å². The molecule has 0 N–H and O–H groups in total. The predicted molar refractivity (Wildman–Crippen MR) is 140 cm³/mol. The minimum Gasteiger partial charge on any atom is -0.299 e. The second kappa shape index (κ2) is 7.69. The fourth-order valence-corrected chi connectivity index (χ4v) is 5.58. The molecule has 5 aromatic rings. The van der Waals surface area contributed by atoms with E-state index in [0.717, 1.165) is 29.9 Å². The quantitative estimate of drug-likeness (QED) is 0.268. The maximum atomic E-state index is 4.92. The van der Waals surface area contributed by atoms with Gasteiger partial charge in [0.25, 0.3) is 0 Å². The Morgan fingerprint density at radius 2 is 1.61 bits per heavy atom. The molecule has 0 unspecified atom stereocenters. The Hall–Kier alpha value is -3.20. The van der Waals surface area contributed by atoms with E-state index in [1.165, 1.54) is 49.5 Å². The lowest BCUT2D eigenvalue weighted by Gasteiger charge is -2.30. The van der Waals surface area contributed by atoms with E-state index < -0.39 is 0 Å². The fraction of sp³-hybridized carbons (Fsp3) is 0.333. The maximum Gasteiger partial charge on any atom is 0.145 e. The molecule has 0 saturated heterocycles. The summed E-state index contributed by atoms with van der Waals surface area (Å²) in [6.07, 6.45) is 6.23. The zero-order valence-corrected chi connectivity index (χ0v) is 20.9. The lowest BCUT2D eigenvalue weighted by atomic mass is 9.74. The summed E-state index contributed by atoms with van der Waals surface area (Å²) in [6.45, 7) is 15.6. The van der Waals surface area contributed by atoms with Crippen LogP contribution in [-0.2, 0) is 5.41 Å². The number of imidazole rings is 1. The maximum absolute atomic E-state index is 4.92. The zero-order valence-electron chi connectivity index (χ0n) is 20.9. The molecule has 5 rings (SSSR count). The number of benzene rings is 2. The summed E-state index contributed by atoms with van der Waals surface area (Å²) >= 11 is 0. The van der Waals surface area contributed by atoms with Gasteiger partial charge in [-0.2, -0.15) is 0 Å². The normalized spacial score (nSPS) is 12.3. The van der Waals surface area contributed by atoms with Crippen LogP contribution in [0.5, 0.6) is 0 Å². The van der Waals surface area contributed by atoms with E-state index in [9.17, 15) is 0 Å². The fourth-order valence-electron chi connectivity index (χ4n) is 5.58. The highest BCUT2D eigenvalue weighted by Gasteiger charge is 2.28. The van der Waals surface area contributed by atoms with E-state index in [0.29, 0.717) is 0 Å². The van der Waals surface area contributed by atoms with E-state index in [1.807, 2.05) is 6.20 Å². The van der Waals surface area contributed by atoms with Crippen LogP contribution >= 0.6 is 0 Å². The SMILES string of the molecule is CCC(C)(CC)c1ccc(-c2ccc(C)nc2C)c2c3cc(C)cc(C)c3n3ccnc3c12. The highest BCUT2D eigenvalue weighted by Crippen LogP contribution is 2.45. The molecule has 0 atom stereocenters. The molecule has 2 aromatic carbocycles. The molecule has 0 aliphatic carbocycles. The summed E-state index contributed by atoms with van der Waals surface area (Å²) in [7, 11) is 0. The van der Waals surface area contributed by atoms with Crippen LogP contribution in [0.2, 0.25) is 0 Å². The Balaban J connectivity index is 2.10. The van der Waals surface area contributed by atoms with Crippen LogP contribution in [0.1, 0.15) is 61.7 Å². The van der Waals surface area contributed by atoms with Gasteiger partial charge in [0.05, 0.1) is 5.52 Å². The largest absolute Gasteiger partial charge is 0.299 e. The molecule has 0 bridgehead atoms. The first-order chi connectivity index (χ1) is 15.8. The summed E-state index contributed by atoms with van der Waals surface area (Å²) in [6, 6.07) is 13.7. The lowest BCUT2D eigenvalue weighted by Crippen LogP contribution is -2.20. The molecule has 3 nitrogen and oxygen atoms in total. The van der Waals surface area contributed by atoms with Crippen molar-refractivity contribution in [2.45, 2.75) is 66.7 Å². The highest BCUT2D eigenvalue weighted by atomic mass is 15.0. The standard InChI is InChI=1S/C30H33N3/c1-8-30(7,9-2)25-13-12-23(22-11-10-20(5)32-21(22)6)26-24-17-18(3)16-19(4)28(24)33-15-14-31-29(33)27(25)26/h10-17H,8-9H2,1-7H3. The van der Waals surface area contributed by atoms with Crippen molar-refractivity contribution in [3.63, 3.8) is 0 Å². The van der Waals surface area contributed by atoms with Gasteiger partial charge >= 0.3 is 0 Å². The Morgan fingerprint density at radius 3 is 2.30 bits per heavy atom. The third-order valence-electron chi connectivity index (χ3n) is 7.75. The number of hydrogen-bond donors (Lipinski definition) is 0. The van der Waals surface area contributed by atoms with Crippen molar-refractivity contribution in [3.05, 3.63) is 76.9 Å². The minimum absolute atomic E-state index is 0.0797. The molecular formula is C30H33N3. The van der Waals surface area contributed by atoms with Crippen LogP contribution in [0.25, 0.3) is 38.4 Å². The van der Waals surface area contributed by atoms with E-state index in [-0.39, 0.29) is 5.41 Å². The van der Waals surface area contributed by atoms with Crippen molar-refractivity contribution in [2.24, 2.45) is 0 Å². The Morgan fingerprint density at radius 1 is 0.879 bits per heavy atom. The first-order valence-corrected chi connectivity index (χ1v) is 12.1. The summed E-state index contributed by atoms with van der Waals surface area (Å²) < 4.78 is 2.30. The molecule has 3 heterocycles. The molecule has 0 aliphatic heterocycles. The molecule has 0 amide bonds. The van der Waals surface area contributed by atoms with Gasteiger partial charge in [0.2, 0.25) is 0 Å². The van der Waals surface area contributed by atoms with Gasteiger partial charge in [-0.3, -0.25) is 9.38 Å². The number of aryl methyl sites for hydroxylation is 4. The van der Waals surface area contributed by atoms with Crippen LogP contribution in [0, 0.1) is 27.7 Å². The van der Waals surface area contributed by atoms with Crippen LogP contribution in [0.15, 0.2) is 48.8 Å². The van der Waals surface area contributed by atoms with Gasteiger partial charge in [-0.15, -0.1) is 0 Å². The van der Waals surface area contributed by atoms with Crippen molar-refractivity contribution < 1.29 is 0 Å². The molecule has 0 aliphatic rings. The molecule has 168 valence electrons. The molecule has 0 spiro atoms. The Kier molecular flexibility index (Phi) is 5.04. The first kappa shape index (κ1) is 21.6. The number of aromatic nitrogens is 3. The van der Waals surface area contributed by atoms with Crippen LogP contribution in [0.3, 0.4) is 0 Å². The smallest absolute Gasteiger partial charge is 0.145 e. The summed E-state index contributed by atoms with van der Waals surface area (Å²) in [5.41, 5.74) is 10.9. The highest BCUT2D eigenvalue weighted by molar-refractivity contribution is 6.19.